The number of likely N-dealkylation sites (tertiary alicyclic amines) is 1. The predicted molar refractivity (Wildman–Crippen MR) is 141 cm³/mol. The first kappa shape index (κ1) is 24.8. The highest BCUT2D eigenvalue weighted by Gasteiger charge is 2.32. The zero-order valence-electron chi connectivity index (χ0n) is 20.6. The van der Waals surface area contributed by atoms with Gasteiger partial charge in [-0.25, -0.2) is 17.9 Å². The number of fused-ring (bicyclic) bond motifs is 1. The SMILES string of the molecule is Cc1cn2nc([C@@H]3CCCCN3C(=O)c3cc(Cl)ccc3NS(C)(=O)=O)cc2nc1N1CCCCC1. The maximum Gasteiger partial charge on any atom is 0.256 e. The summed E-state index contributed by atoms with van der Waals surface area (Å²) in [6, 6.07) is 6.33. The lowest BCUT2D eigenvalue weighted by molar-refractivity contribution is 0.0607. The topological polar surface area (TPSA) is 99.9 Å². The lowest BCUT2D eigenvalue weighted by Crippen LogP contribution is -2.39. The van der Waals surface area contributed by atoms with Gasteiger partial charge in [0, 0.05) is 42.5 Å². The Hall–Kier alpha value is -2.85. The van der Waals surface area contributed by atoms with Crippen molar-refractivity contribution < 1.29 is 13.2 Å². The fraction of sp³-hybridized carbons (Fsp3) is 0.480. The Morgan fingerprint density at radius 2 is 1.83 bits per heavy atom. The van der Waals surface area contributed by atoms with Gasteiger partial charge in [-0.15, -0.1) is 0 Å². The van der Waals surface area contributed by atoms with E-state index < -0.39 is 10.0 Å². The van der Waals surface area contributed by atoms with Crippen molar-refractivity contribution in [2.45, 2.75) is 51.5 Å². The molecule has 1 N–H and O–H groups in total. The molecule has 36 heavy (non-hydrogen) atoms. The van der Waals surface area contributed by atoms with E-state index in [1.165, 1.54) is 31.4 Å². The summed E-state index contributed by atoms with van der Waals surface area (Å²) in [5.74, 6) is 0.726. The summed E-state index contributed by atoms with van der Waals surface area (Å²) in [6.45, 7) is 4.64. The summed E-state index contributed by atoms with van der Waals surface area (Å²) in [5.41, 5.74) is 3.06. The number of hydrogen-bond acceptors (Lipinski definition) is 6. The average molecular weight is 531 g/mol. The summed E-state index contributed by atoms with van der Waals surface area (Å²) in [7, 11) is -3.57. The lowest BCUT2D eigenvalue weighted by atomic mass is 9.98. The van der Waals surface area contributed by atoms with Gasteiger partial charge >= 0.3 is 0 Å². The molecule has 0 saturated carbocycles. The van der Waals surface area contributed by atoms with Crippen molar-refractivity contribution in [1.29, 1.82) is 0 Å². The molecule has 9 nitrogen and oxygen atoms in total. The van der Waals surface area contributed by atoms with Crippen LogP contribution in [0.2, 0.25) is 5.02 Å². The van der Waals surface area contributed by atoms with Crippen molar-refractivity contribution >= 4 is 44.7 Å². The van der Waals surface area contributed by atoms with Gasteiger partial charge in [0.1, 0.15) is 5.82 Å². The molecule has 3 aromatic rings. The molecule has 1 aromatic carbocycles. The van der Waals surface area contributed by atoms with Crippen LogP contribution < -0.4 is 9.62 Å². The Morgan fingerprint density at radius 1 is 1.08 bits per heavy atom. The first-order valence-electron chi connectivity index (χ1n) is 12.4. The normalized spacial score (nSPS) is 19.0. The zero-order chi connectivity index (χ0) is 25.4. The van der Waals surface area contributed by atoms with Crippen molar-refractivity contribution in [3.05, 3.63) is 52.3 Å². The van der Waals surface area contributed by atoms with Crippen molar-refractivity contribution in [3.8, 4) is 0 Å². The molecule has 1 atom stereocenters. The average Bonchev–Trinajstić information content (AvgIpc) is 3.26. The molecular formula is C25H31ClN6O3S. The van der Waals surface area contributed by atoms with Crippen LogP contribution in [0.15, 0.2) is 30.5 Å². The number of aromatic nitrogens is 3. The summed E-state index contributed by atoms with van der Waals surface area (Å²) < 4.78 is 28.0. The fourth-order valence-corrected chi connectivity index (χ4v) is 5.98. The van der Waals surface area contributed by atoms with E-state index in [2.05, 4.69) is 16.5 Å². The number of benzene rings is 1. The highest BCUT2D eigenvalue weighted by atomic mass is 35.5. The number of rotatable bonds is 5. The van der Waals surface area contributed by atoms with Gasteiger partial charge in [-0.1, -0.05) is 11.6 Å². The van der Waals surface area contributed by atoms with Crippen LogP contribution in [0.25, 0.3) is 5.65 Å². The summed E-state index contributed by atoms with van der Waals surface area (Å²) in [6.07, 6.45) is 9.28. The van der Waals surface area contributed by atoms with Gasteiger partial charge in [-0.05, 0) is 63.6 Å². The molecule has 11 heteroatoms. The van der Waals surface area contributed by atoms with Crippen molar-refractivity contribution in [2.24, 2.45) is 0 Å². The first-order chi connectivity index (χ1) is 17.2. The molecule has 2 aliphatic rings. The minimum absolute atomic E-state index is 0.217. The molecule has 1 amide bonds. The van der Waals surface area contributed by atoms with E-state index in [1.54, 1.807) is 15.5 Å². The van der Waals surface area contributed by atoms with Crippen LogP contribution >= 0.6 is 11.6 Å². The molecule has 2 aromatic heterocycles. The third-order valence-corrected chi connectivity index (χ3v) is 7.72. The number of carbonyl (C=O) groups excluding carboxylic acids is 1. The van der Waals surface area contributed by atoms with Gasteiger partial charge in [0.05, 0.1) is 29.2 Å². The number of aryl methyl sites for hydroxylation is 1. The Morgan fingerprint density at radius 3 is 2.58 bits per heavy atom. The highest BCUT2D eigenvalue weighted by molar-refractivity contribution is 7.92. The van der Waals surface area contributed by atoms with Crippen LogP contribution in [0.1, 0.15) is 66.2 Å². The maximum absolute atomic E-state index is 13.7. The van der Waals surface area contributed by atoms with Crippen LogP contribution in [-0.4, -0.2) is 59.7 Å². The van der Waals surface area contributed by atoms with Crippen LogP contribution in [0, 0.1) is 6.92 Å². The molecule has 0 spiro atoms. The number of anilines is 2. The Kier molecular flexibility index (Phi) is 6.82. The molecular weight excluding hydrogens is 500 g/mol. The zero-order valence-corrected chi connectivity index (χ0v) is 22.1. The molecule has 2 aliphatic heterocycles. The van der Waals surface area contributed by atoms with Gasteiger partial charge in [0.2, 0.25) is 10.0 Å². The summed E-state index contributed by atoms with van der Waals surface area (Å²) in [5, 5.41) is 5.18. The number of piperidine rings is 2. The molecule has 0 bridgehead atoms. The van der Waals surface area contributed by atoms with Crippen molar-refractivity contribution in [2.75, 3.05) is 35.5 Å². The molecule has 2 saturated heterocycles. The number of halogens is 1. The minimum atomic E-state index is -3.57. The number of nitrogens with one attached hydrogen (secondary N) is 1. The molecule has 0 unspecified atom stereocenters. The molecule has 2 fully saturated rings. The van der Waals surface area contributed by atoms with Gasteiger partial charge < -0.3 is 9.80 Å². The predicted octanol–water partition coefficient (Wildman–Crippen LogP) is 4.42. The number of hydrogen-bond donors (Lipinski definition) is 1. The van der Waals surface area contributed by atoms with Gasteiger partial charge in [-0.3, -0.25) is 9.52 Å². The quantitative estimate of drug-likeness (QED) is 0.524. The molecule has 0 radical (unpaired) electrons. The molecule has 192 valence electrons. The molecule has 5 rings (SSSR count). The van der Waals surface area contributed by atoms with E-state index in [9.17, 15) is 13.2 Å². The van der Waals surface area contributed by atoms with E-state index in [0.29, 0.717) is 11.6 Å². The lowest BCUT2D eigenvalue weighted by Gasteiger charge is -2.35. The van der Waals surface area contributed by atoms with Gasteiger partial charge in [0.15, 0.2) is 5.65 Å². The fourth-order valence-electron chi connectivity index (χ4n) is 5.23. The molecule has 0 aliphatic carbocycles. The number of nitrogens with zero attached hydrogens (tertiary/aromatic N) is 5. The first-order valence-corrected chi connectivity index (χ1v) is 14.7. The van der Waals surface area contributed by atoms with Crippen LogP contribution in [0.5, 0.6) is 0 Å². The van der Waals surface area contributed by atoms with Crippen molar-refractivity contribution in [3.63, 3.8) is 0 Å². The van der Waals surface area contributed by atoms with E-state index in [-0.39, 0.29) is 23.2 Å². The standard InChI is InChI=1S/C25H31ClN6O3S/c1-17-16-32-23(27-24(17)30-11-5-3-6-12-30)15-21(28-32)22-8-4-7-13-31(22)25(33)19-14-18(26)9-10-20(19)29-36(2,34)35/h9-10,14-16,22,29H,3-8,11-13H2,1-2H3/t22-/m0/s1. The van der Waals surface area contributed by atoms with Gasteiger partial charge in [-0.2, -0.15) is 5.10 Å². The smallest absolute Gasteiger partial charge is 0.256 e. The van der Waals surface area contributed by atoms with E-state index in [1.807, 2.05) is 12.3 Å². The third-order valence-electron chi connectivity index (χ3n) is 6.89. The minimum Gasteiger partial charge on any atom is -0.356 e. The number of sulfonamides is 1. The Labute approximate surface area is 216 Å². The second kappa shape index (κ2) is 9.89. The Balaban J connectivity index is 1.49. The highest BCUT2D eigenvalue weighted by Crippen LogP contribution is 2.34. The molecule has 4 heterocycles. The van der Waals surface area contributed by atoms with E-state index in [0.717, 1.165) is 61.3 Å². The summed E-state index contributed by atoms with van der Waals surface area (Å²) >= 11 is 6.20. The van der Waals surface area contributed by atoms with Crippen LogP contribution in [0.4, 0.5) is 11.5 Å². The number of amides is 1. The third kappa shape index (κ3) is 5.15. The summed E-state index contributed by atoms with van der Waals surface area (Å²) in [4.78, 5) is 22.8. The Bertz CT molecular complexity index is 1400. The number of carbonyl (C=O) groups is 1. The second-order valence-corrected chi connectivity index (χ2v) is 11.9. The second-order valence-electron chi connectivity index (χ2n) is 9.74. The van der Waals surface area contributed by atoms with E-state index >= 15 is 0 Å². The van der Waals surface area contributed by atoms with Crippen LogP contribution in [0.3, 0.4) is 0 Å². The van der Waals surface area contributed by atoms with Gasteiger partial charge in [0.25, 0.3) is 5.91 Å². The van der Waals surface area contributed by atoms with Crippen molar-refractivity contribution in [1.82, 2.24) is 19.5 Å². The van der Waals surface area contributed by atoms with Crippen LogP contribution in [-0.2, 0) is 10.0 Å². The largest absolute Gasteiger partial charge is 0.356 e. The maximum atomic E-state index is 13.7. The van der Waals surface area contributed by atoms with E-state index in [4.69, 9.17) is 21.7 Å². The monoisotopic (exact) mass is 530 g/mol.